The molecule has 5 heteroatoms. The molecule has 1 N–H and O–H groups in total. The number of hydrogen-bond donors (Lipinski definition) is 1. The van der Waals surface area contributed by atoms with E-state index in [9.17, 15) is 4.79 Å². The zero-order chi connectivity index (χ0) is 14.8. The number of nitrogens with one attached hydrogen (secondary N) is 1. The molecule has 0 spiro atoms. The summed E-state index contributed by atoms with van der Waals surface area (Å²) in [5, 5.41) is 0. The predicted octanol–water partition coefficient (Wildman–Crippen LogP) is 2.87. The first-order valence-corrected chi connectivity index (χ1v) is 6.32. The van der Waals surface area contributed by atoms with Crippen molar-refractivity contribution in [2.75, 3.05) is 7.11 Å². The van der Waals surface area contributed by atoms with Crippen LogP contribution < -0.4 is 15.0 Å². The molecule has 0 atom stereocenters. The Labute approximate surface area is 117 Å². The standard InChI is InChI=1S/C15H18N2O3/c1-15(2,3)10-5-7-11(8-6-10)20-14-12(19-4)13(18)16-9-17-14/h5-9H,1-4H3,(H,16,17,18). The average molecular weight is 274 g/mol. The first-order valence-electron chi connectivity index (χ1n) is 6.32. The van der Waals surface area contributed by atoms with Gasteiger partial charge in [0.05, 0.1) is 13.4 Å². The van der Waals surface area contributed by atoms with Crippen LogP contribution in [0.2, 0.25) is 0 Å². The van der Waals surface area contributed by atoms with Crippen molar-refractivity contribution in [1.29, 1.82) is 0 Å². The molecule has 0 saturated heterocycles. The second-order valence-electron chi connectivity index (χ2n) is 5.45. The van der Waals surface area contributed by atoms with Crippen molar-refractivity contribution >= 4 is 0 Å². The molecule has 106 valence electrons. The molecule has 0 amide bonds. The van der Waals surface area contributed by atoms with Gasteiger partial charge in [0.25, 0.3) is 11.4 Å². The monoisotopic (exact) mass is 274 g/mol. The highest BCUT2D eigenvalue weighted by atomic mass is 16.5. The van der Waals surface area contributed by atoms with Crippen LogP contribution in [-0.4, -0.2) is 17.1 Å². The van der Waals surface area contributed by atoms with E-state index in [0.717, 1.165) is 0 Å². The van der Waals surface area contributed by atoms with Crippen molar-refractivity contribution in [3.05, 3.63) is 46.5 Å². The SMILES string of the molecule is COc1c(Oc2ccc(C(C)(C)C)cc2)nc[nH]c1=O. The van der Waals surface area contributed by atoms with Gasteiger partial charge in [-0.05, 0) is 23.1 Å². The minimum Gasteiger partial charge on any atom is -0.487 e. The highest BCUT2D eigenvalue weighted by Crippen LogP contribution is 2.28. The summed E-state index contributed by atoms with van der Waals surface area (Å²) in [4.78, 5) is 18.0. The molecule has 2 aromatic rings. The largest absolute Gasteiger partial charge is 0.487 e. The first-order chi connectivity index (χ1) is 9.41. The van der Waals surface area contributed by atoms with E-state index < -0.39 is 0 Å². The molecule has 0 radical (unpaired) electrons. The maximum atomic E-state index is 11.5. The topological polar surface area (TPSA) is 64.2 Å². The van der Waals surface area contributed by atoms with Crippen LogP contribution in [0.1, 0.15) is 26.3 Å². The van der Waals surface area contributed by atoms with E-state index >= 15 is 0 Å². The van der Waals surface area contributed by atoms with E-state index in [0.29, 0.717) is 5.75 Å². The molecule has 0 bridgehead atoms. The molecule has 1 aromatic carbocycles. The summed E-state index contributed by atoms with van der Waals surface area (Å²) in [6, 6.07) is 7.69. The second kappa shape index (κ2) is 5.36. The number of aromatic nitrogens is 2. The fourth-order valence-electron chi connectivity index (χ4n) is 1.76. The highest BCUT2D eigenvalue weighted by molar-refractivity contribution is 5.37. The van der Waals surface area contributed by atoms with Crippen molar-refractivity contribution in [3.8, 4) is 17.4 Å². The van der Waals surface area contributed by atoms with Crippen LogP contribution in [0.3, 0.4) is 0 Å². The van der Waals surface area contributed by atoms with E-state index in [1.54, 1.807) is 0 Å². The van der Waals surface area contributed by atoms with Gasteiger partial charge in [-0.3, -0.25) is 4.79 Å². The average Bonchev–Trinajstić information content (AvgIpc) is 2.38. The Kier molecular flexibility index (Phi) is 3.79. The van der Waals surface area contributed by atoms with Crippen molar-refractivity contribution < 1.29 is 9.47 Å². The summed E-state index contributed by atoms with van der Waals surface area (Å²) >= 11 is 0. The van der Waals surface area contributed by atoms with Crippen LogP contribution in [0.5, 0.6) is 17.4 Å². The molecule has 0 unspecified atom stereocenters. The lowest BCUT2D eigenvalue weighted by atomic mass is 9.87. The molecule has 20 heavy (non-hydrogen) atoms. The number of aromatic amines is 1. The number of H-pyrrole nitrogens is 1. The van der Waals surface area contributed by atoms with E-state index in [2.05, 4.69) is 30.7 Å². The Morgan fingerprint density at radius 3 is 2.35 bits per heavy atom. The molecule has 5 nitrogen and oxygen atoms in total. The van der Waals surface area contributed by atoms with Crippen LogP contribution >= 0.6 is 0 Å². The van der Waals surface area contributed by atoms with Gasteiger partial charge in [0.1, 0.15) is 5.75 Å². The zero-order valence-corrected chi connectivity index (χ0v) is 12.1. The number of methoxy groups -OCH3 is 1. The number of nitrogens with zero attached hydrogens (tertiary/aromatic N) is 1. The smallest absolute Gasteiger partial charge is 0.297 e. The number of hydrogen-bond acceptors (Lipinski definition) is 4. The molecule has 1 heterocycles. The first kappa shape index (κ1) is 14.1. The normalized spacial score (nSPS) is 11.2. The van der Waals surface area contributed by atoms with Crippen LogP contribution in [0.25, 0.3) is 0 Å². The van der Waals surface area contributed by atoms with Gasteiger partial charge in [-0.1, -0.05) is 32.9 Å². The predicted molar refractivity (Wildman–Crippen MR) is 76.6 cm³/mol. The third-order valence-electron chi connectivity index (χ3n) is 2.92. The molecule has 0 aliphatic rings. The maximum Gasteiger partial charge on any atom is 0.297 e. The van der Waals surface area contributed by atoms with Gasteiger partial charge < -0.3 is 14.5 Å². The van der Waals surface area contributed by atoms with E-state index in [-0.39, 0.29) is 22.6 Å². The summed E-state index contributed by atoms with van der Waals surface area (Å²) < 4.78 is 10.6. The molecule has 0 saturated carbocycles. The summed E-state index contributed by atoms with van der Waals surface area (Å²) in [6.07, 6.45) is 1.28. The number of ether oxygens (including phenoxy) is 2. The molecular weight excluding hydrogens is 256 g/mol. The van der Waals surface area contributed by atoms with Crippen LogP contribution in [0.4, 0.5) is 0 Å². The van der Waals surface area contributed by atoms with Gasteiger partial charge in [0.2, 0.25) is 5.75 Å². The maximum absolute atomic E-state index is 11.5. The van der Waals surface area contributed by atoms with Gasteiger partial charge in [0.15, 0.2) is 0 Å². The minimum atomic E-state index is -0.371. The molecule has 0 aliphatic heterocycles. The van der Waals surface area contributed by atoms with Crippen LogP contribution in [0.15, 0.2) is 35.4 Å². The van der Waals surface area contributed by atoms with E-state index in [1.165, 1.54) is 19.0 Å². The van der Waals surface area contributed by atoms with Gasteiger partial charge >= 0.3 is 0 Å². The van der Waals surface area contributed by atoms with Crippen molar-refractivity contribution in [2.45, 2.75) is 26.2 Å². The second-order valence-corrected chi connectivity index (χ2v) is 5.45. The van der Waals surface area contributed by atoms with Crippen molar-refractivity contribution in [1.82, 2.24) is 9.97 Å². The molecule has 0 fully saturated rings. The lowest BCUT2D eigenvalue weighted by Crippen LogP contribution is -2.11. The molecule has 1 aromatic heterocycles. The molecule has 2 rings (SSSR count). The Morgan fingerprint density at radius 1 is 1.15 bits per heavy atom. The van der Waals surface area contributed by atoms with Crippen molar-refractivity contribution in [2.24, 2.45) is 0 Å². The fraction of sp³-hybridized carbons (Fsp3) is 0.333. The summed E-state index contributed by atoms with van der Waals surface area (Å²) in [5.74, 6) is 0.821. The van der Waals surface area contributed by atoms with Crippen molar-refractivity contribution in [3.63, 3.8) is 0 Å². The third-order valence-corrected chi connectivity index (χ3v) is 2.92. The molecule has 0 aliphatic carbocycles. The Morgan fingerprint density at radius 2 is 1.80 bits per heavy atom. The van der Waals surface area contributed by atoms with Gasteiger partial charge in [0, 0.05) is 0 Å². The van der Waals surface area contributed by atoms with Gasteiger partial charge in [-0.25, -0.2) is 4.98 Å². The Bertz CT molecular complexity index is 639. The van der Waals surface area contributed by atoms with Gasteiger partial charge in [-0.2, -0.15) is 0 Å². The number of benzene rings is 1. The molecular formula is C15H18N2O3. The Hall–Kier alpha value is -2.30. The van der Waals surface area contributed by atoms with Gasteiger partial charge in [-0.15, -0.1) is 0 Å². The van der Waals surface area contributed by atoms with E-state index in [4.69, 9.17) is 9.47 Å². The fourth-order valence-corrected chi connectivity index (χ4v) is 1.76. The highest BCUT2D eigenvalue weighted by Gasteiger charge is 2.14. The summed E-state index contributed by atoms with van der Waals surface area (Å²) in [7, 11) is 1.40. The Balaban J connectivity index is 2.27. The lowest BCUT2D eigenvalue weighted by molar-refractivity contribution is 0.363. The lowest BCUT2D eigenvalue weighted by Gasteiger charge is -2.19. The minimum absolute atomic E-state index is 0.0624. The third kappa shape index (κ3) is 2.99. The summed E-state index contributed by atoms with van der Waals surface area (Å²) in [6.45, 7) is 6.43. The zero-order valence-electron chi connectivity index (χ0n) is 12.1. The van der Waals surface area contributed by atoms with Crippen LogP contribution in [0, 0.1) is 0 Å². The van der Waals surface area contributed by atoms with Crippen LogP contribution in [-0.2, 0) is 5.41 Å². The summed E-state index contributed by atoms with van der Waals surface area (Å²) in [5.41, 5.74) is 0.915. The quantitative estimate of drug-likeness (QED) is 0.934. The van der Waals surface area contributed by atoms with E-state index in [1.807, 2.05) is 24.3 Å². The number of rotatable bonds is 3.